The molecule has 0 unspecified atom stereocenters. The molecule has 0 N–H and O–H groups in total. The fourth-order valence-corrected chi connectivity index (χ4v) is 4.08. The lowest BCUT2D eigenvalue weighted by Crippen LogP contribution is -2.26. The maximum Gasteiger partial charge on any atom is 0.347 e. The normalized spacial score (nSPS) is 12.2. The standard InChI is InChI=1S/C28H32BrN3O5/c1-7-10-20-13-19(14-24(35-8-2)25(20)37-18(6)28(34)36-9-3)16-30-32-26(17(4)5)31-23-12-11-21(29)15-22(23)27(32)33/h7,11-18H,1,8-10H2,2-6H3/t18-/m1/s1. The number of hydrogen-bond donors (Lipinski definition) is 0. The third-order valence-electron chi connectivity index (χ3n) is 5.40. The highest BCUT2D eigenvalue weighted by atomic mass is 79.9. The summed E-state index contributed by atoms with van der Waals surface area (Å²) < 4.78 is 19.0. The molecule has 0 spiro atoms. The zero-order valence-corrected chi connectivity index (χ0v) is 23.4. The van der Waals surface area contributed by atoms with Gasteiger partial charge in [0.1, 0.15) is 5.82 Å². The maximum atomic E-state index is 13.3. The molecule has 0 amide bonds. The Labute approximate surface area is 225 Å². The van der Waals surface area contributed by atoms with Crippen LogP contribution in [0.25, 0.3) is 10.9 Å². The van der Waals surface area contributed by atoms with E-state index in [-0.39, 0.29) is 18.1 Å². The van der Waals surface area contributed by atoms with Gasteiger partial charge in [-0.15, -0.1) is 6.58 Å². The summed E-state index contributed by atoms with van der Waals surface area (Å²) in [5, 5.41) is 5.00. The lowest BCUT2D eigenvalue weighted by molar-refractivity contribution is -0.150. The summed E-state index contributed by atoms with van der Waals surface area (Å²) in [5.74, 6) is 0.952. The van der Waals surface area contributed by atoms with Crippen LogP contribution in [0.4, 0.5) is 0 Å². The van der Waals surface area contributed by atoms with Gasteiger partial charge in [0, 0.05) is 16.0 Å². The van der Waals surface area contributed by atoms with Crippen molar-refractivity contribution in [1.29, 1.82) is 0 Å². The molecule has 0 saturated heterocycles. The second-order valence-corrected chi connectivity index (χ2v) is 9.51. The third-order valence-corrected chi connectivity index (χ3v) is 5.90. The molecule has 0 radical (unpaired) electrons. The zero-order valence-electron chi connectivity index (χ0n) is 21.8. The van der Waals surface area contributed by atoms with E-state index in [4.69, 9.17) is 14.2 Å². The van der Waals surface area contributed by atoms with Crippen LogP contribution in [-0.2, 0) is 16.0 Å². The molecule has 0 aliphatic rings. The number of aromatic nitrogens is 2. The molecule has 0 saturated carbocycles. The smallest absolute Gasteiger partial charge is 0.347 e. The van der Waals surface area contributed by atoms with Crippen LogP contribution in [0.3, 0.4) is 0 Å². The summed E-state index contributed by atoms with van der Waals surface area (Å²) in [6.45, 7) is 13.6. The van der Waals surface area contributed by atoms with E-state index in [9.17, 15) is 9.59 Å². The quantitative estimate of drug-likeness (QED) is 0.169. The molecule has 0 aliphatic carbocycles. The Morgan fingerprint density at radius 3 is 2.59 bits per heavy atom. The molecule has 3 rings (SSSR count). The number of rotatable bonds is 11. The van der Waals surface area contributed by atoms with Crippen molar-refractivity contribution >= 4 is 39.0 Å². The minimum absolute atomic E-state index is 0.0339. The van der Waals surface area contributed by atoms with Gasteiger partial charge in [-0.05, 0) is 63.1 Å². The molecule has 9 heteroatoms. The number of fused-ring (bicyclic) bond motifs is 1. The number of nitrogens with zero attached hydrogens (tertiary/aromatic N) is 3. The monoisotopic (exact) mass is 569 g/mol. The van der Waals surface area contributed by atoms with E-state index >= 15 is 0 Å². The average molecular weight is 570 g/mol. The minimum atomic E-state index is -0.822. The van der Waals surface area contributed by atoms with Crippen LogP contribution in [0.5, 0.6) is 11.5 Å². The first-order chi connectivity index (χ1) is 17.7. The Kier molecular flexibility index (Phi) is 9.63. The van der Waals surface area contributed by atoms with Gasteiger partial charge in [0.15, 0.2) is 17.6 Å². The minimum Gasteiger partial charge on any atom is -0.490 e. The Hall–Kier alpha value is -3.46. The van der Waals surface area contributed by atoms with E-state index in [0.717, 1.165) is 10.0 Å². The second kappa shape index (κ2) is 12.7. The third kappa shape index (κ3) is 6.65. The highest BCUT2D eigenvalue weighted by Crippen LogP contribution is 2.34. The zero-order chi connectivity index (χ0) is 27.1. The van der Waals surface area contributed by atoms with Gasteiger partial charge in [0.05, 0.1) is 30.3 Å². The fourth-order valence-electron chi connectivity index (χ4n) is 3.72. The first kappa shape index (κ1) is 28.1. The van der Waals surface area contributed by atoms with Gasteiger partial charge in [-0.25, -0.2) is 9.78 Å². The van der Waals surface area contributed by atoms with E-state index in [0.29, 0.717) is 46.8 Å². The highest BCUT2D eigenvalue weighted by molar-refractivity contribution is 9.10. The summed E-state index contributed by atoms with van der Waals surface area (Å²) in [4.78, 5) is 30.2. The average Bonchev–Trinajstić information content (AvgIpc) is 2.85. The number of benzene rings is 2. The van der Waals surface area contributed by atoms with Crippen molar-refractivity contribution in [2.45, 2.75) is 53.1 Å². The predicted molar refractivity (Wildman–Crippen MR) is 149 cm³/mol. The van der Waals surface area contributed by atoms with Gasteiger partial charge >= 0.3 is 5.97 Å². The SMILES string of the molecule is C=CCc1cc(C=Nn2c(C(C)C)nc3ccc(Br)cc3c2=O)cc(OCC)c1O[C@H](C)C(=O)OCC. The first-order valence-corrected chi connectivity index (χ1v) is 13.0. The van der Waals surface area contributed by atoms with Crippen molar-refractivity contribution in [2.24, 2.45) is 5.10 Å². The lowest BCUT2D eigenvalue weighted by atomic mass is 10.1. The van der Waals surface area contributed by atoms with E-state index in [1.165, 1.54) is 4.68 Å². The molecule has 1 atom stereocenters. The summed E-state index contributed by atoms with van der Waals surface area (Å²) in [7, 11) is 0. The summed E-state index contributed by atoms with van der Waals surface area (Å²) in [5.41, 5.74) is 1.81. The number of allylic oxidation sites excluding steroid dienone is 1. The molecular weight excluding hydrogens is 538 g/mol. The fraction of sp³-hybridized carbons (Fsp3) is 0.357. The molecule has 0 aliphatic heterocycles. The summed E-state index contributed by atoms with van der Waals surface area (Å²) >= 11 is 3.42. The van der Waals surface area contributed by atoms with E-state index in [1.807, 2.05) is 39.0 Å². The first-order valence-electron chi connectivity index (χ1n) is 12.2. The van der Waals surface area contributed by atoms with Crippen molar-refractivity contribution in [3.8, 4) is 11.5 Å². The van der Waals surface area contributed by atoms with Crippen LogP contribution in [0.1, 0.15) is 57.5 Å². The van der Waals surface area contributed by atoms with Gasteiger partial charge in [0.25, 0.3) is 5.56 Å². The molecule has 1 heterocycles. The van der Waals surface area contributed by atoms with Crippen LogP contribution < -0.4 is 15.0 Å². The van der Waals surface area contributed by atoms with Crippen LogP contribution >= 0.6 is 15.9 Å². The Morgan fingerprint density at radius 1 is 1.19 bits per heavy atom. The lowest BCUT2D eigenvalue weighted by Gasteiger charge is -2.20. The molecular formula is C28H32BrN3O5. The summed E-state index contributed by atoms with van der Waals surface area (Å²) in [6, 6.07) is 9.04. The van der Waals surface area contributed by atoms with Crippen molar-refractivity contribution in [1.82, 2.24) is 9.66 Å². The molecule has 37 heavy (non-hydrogen) atoms. The number of halogens is 1. The Balaban J connectivity index is 2.11. The van der Waals surface area contributed by atoms with Crippen LogP contribution in [0.2, 0.25) is 0 Å². The van der Waals surface area contributed by atoms with Crippen LogP contribution in [-0.4, -0.2) is 41.2 Å². The number of ether oxygens (including phenoxy) is 3. The predicted octanol–water partition coefficient (Wildman–Crippen LogP) is 5.62. The molecule has 196 valence electrons. The van der Waals surface area contributed by atoms with Crippen molar-refractivity contribution in [3.63, 3.8) is 0 Å². The van der Waals surface area contributed by atoms with Crippen molar-refractivity contribution in [2.75, 3.05) is 13.2 Å². The van der Waals surface area contributed by atoms with Gasteiger partial charge in [0.2, 0.25) is 0 Å². The largest absolute Gasteiger partial charge is 0.490 e. The van der Waals surface area contributed by atoms with E-state index in [1.54, 1.807) is 38.3 Å². The van der Waals surface area contributed by atoms with Crippen molar-refractivity contribution in [3.05, 3.63) is 74.8 Å². The Bertz CT molecular complexity index is 1380. The van der Waals surface area contributed by atoms with Crippen molar-refractivity contribution < 1.29 is 19.0 Å². The Morgan fingerprint density at radius 2 is 1.95 bits per heavy atom. The highest BCUT2D eigenvalue weighted by Gasteiger charge is 2.21. The topological polar surface area (TPSA) is 92.0 Å². The molecule has 2 aromatic carbocycles. The number of hydrogen-bond acceptors (Lipinski definition) is 7. The van der Waals surface area contributed by atoms with Gasteiger partial charge in [-0.3, -0.25) is 4.79 Å². The van der Waals surface area contributed by atoms with Crippen LogP contribution in [0, 0.1) is 0 Å². The van der Waals surface area contributed by atoms with E-state index in [2.05, 4.69) is 32.6 Å². The van der Waals surface area contributed by atoms with Gasteiger partial charge < -0.3 is 14.2 Å². The number of carbonyl (C=O) groups is 1. The second-order valence-electron chi connectivity index (χ2n) is 8.59. The molecule has 3 aromatic rings. The molecule has 0 fully saturated rings. The summed E-state index contributed by atoms with van der Waals surface area (Å²) in [6.07, 6.45) is 2.97. The van der Waals surface area contributed by atoms with E-state index < -0.39 is 12.1 Å². The molecule has 1 aromatic heterocycles. The number of carbonyl (C=O) groups excluding carboxylic acids is 1. The molecule has 8 nitrogen and oxygen atoms in total. The maximum absolute atomic E-state index is 13.3. The molecule has 0 bridgehead atoms. The van der Waals surface area contributed by atoms with Gasteiger partial charge in [-0.1, -0.05) is 35.9 Å². The van der Waals surface area contributed by atoms with Crippen LogP contribution in [0.15, 0.2) is 57.4 Å². The van der Waals surface area contributed by atoms with Gasteiger partial charge in [-0.2, -0.15) is 9.78 Å². The number of esters is 1.